The smallest absolute Gasteiger partial charge is 0.311 e. The zero-order valence-corrected chi connectivity index (χ0v) is 39.3. The largest absolute Gasteiger partial charge is 0.494 e. The third-order valence-corrected chi connectivity index (χ3v) is 11.6. The zero-order valence-electron chi connectivity index (χ0n) is 39.3. The average Bonchev–Trinajstić information content (AvgIpc) is 3.55. The second-order valence-electron chi connectivity index (χ2n) is 17.3. The van der Waals surface area contributed by atoms with Gasteiger partial charge in [-0.25, -0.2) is 0 Å². The second-order valence-corrected chi connectivity index (χ2v) is 17.3. The normalized spacial score (nSPS) is 11.1. The molecule has 0 aliphatic rings. The van der Waals surface area contributed by atoms with Gasteiger partial charge in [0.25, 0.3) is 0 Å². The lowest BCUT2D eigenvalue weighted by molar-refractivity contribution is -0.135. The summed E-state index contributed by atoms with van der Waals surface area (Å²) in [6.07, 6.45) is 39.0. The predicted octanol–water partition coefficient (Wildman–Crippen LogP) is 15.0. The van der Waals surface area contributed by atoms with E-state index in [9.17, 15) is 19.2 Å². The number of ether oxygens (including phenoxy) is 4. The van der Waals surface area contributed by atoms with Gasteiger partial charge in [0.15, 0.2) is 11.5 Å². The van der Waals surface area contributed by atoms with E-state index in [2.05, 4.69) is 13.8 Å². The molecule has 0 atom stereocenters. The van der Waals surface area contributed by atoms with E-state index in [-0.39, 0.29) is 34.3 Å². The van der Waals surface area contributed by atoms with Gasteiger partial charge in [-0.1, -0.05) is 194 Å². The summed E-state index contributed by atoms with van der Waals surface area (Å²) in [5.74, 6) is 0.515. The molecule has 0 spiro atoms. The van der Waals surface area contributed by atoms with Crippen LogP contribution in [0.2, 0.25) is 0 Å². The van der Waals surface area contributed by atoms with E-state index < -0.39 is 0 Å². The number of esters is 2. The third kappa shape index (κ3) is 30.4. The standard InChI is InChI=1S/C54H86O8/c1-3-5-7-9-11-13-15-17-19-21-23-27-31-35-53(57)61-51-43-39-47(37-41-49(51)55)59-45-33-29-25-26-30-34-46-60-48-38-42-50(56)52(44-40-48)62-54(58)36-32-28-24-22-20-18-16-14-12-10-8-6-4-2/h37-44H,3-36,45-46H2,1-2H3. The highest BCUT2D eigenvalue weighted by atomic mass is 16.5. The molecule has 0 aliphatic heterocycles. The van der Waals surface area contributed by atoms with Crippen LogP contribution in [0.3, 0.4) is 0 Å². The van der Waals surface area contributed by atoms with Gasteiger partial charge >= 0.3 is 11.9 Å². The minimum Gasteiger partial charge on any atom is -0.494 e. The quantitative estimate of drug-likeness (QED) is 0.0481. The maximum absolute atomic E-state index is 12.5. The Balaban J connectivity index is 1.48. The van der Waals surface area contributed by atoms with Crippen LogP contribution in [0.15, 0.2) is 58.1 Å². The predicted molar refractivity (Wildman–Crippen MR) is 256 cm³/mol. The number of hydrogen-bond donors (Lipinski definition) is 0. The molecule has 0 fully saturated rings. The first-order valence-electron chi connectivity index (χ1n) is 25.4. The van der Waals surface area contributed by atoms with Crippen LogP contribution in [0.5, 0.6) is 23.0 Å². The van der Waals surface area contributed by atoms with Crippen LogP contribution in [-0.4, -0.2) is 25.2 Å². The molecule has 0 aromatic heterocycles. The first-order valence-corrected chi connectivity index (χ1v) is 25.4. The minimum atomic E-state index is -0.360. The van der Waals surface area contributed by atoms with Gasteiger partial charge in [0, 0.05) is 12.8 Å². The molecule has 8 nitrogen and oxygen atoms in total. The number of carbonyl (C=O) groups is 2. The monoisotopic (exact) mass is 863 g/mol. The molecule has 0 bridgehead atoms. The molecular weight excluding hydrogens is 777 g/mol. The molecule has 0 N–H and O–H groups in total. The molecular formula is C54H86O8. The lowest BCUT2D eigenvalue weighted by atomic mass is 10.0. The fourth-order valence-corrected chi connectivity index (χ4v) is 7.64. The molecule has 0 amide bonds. The van der Waals surface area contributed by atoms with Crippen LogP contribution >= 0.6 is 0 Å². The highest BCUT2D eigenvalue weighted by Crippen LogP contribution is 2.18. The Labute approximate surface area is 376 Å². The summed E-state index contributed by atoms with van der Waals surface area (Å²) < 4.78 is 22.6. The number of carbonyl (C=O) groups excluding carboxylic acids is 2. The van der Waals surface area contributed by atoms with Crippen molar-refractivity contribution in [2.75, 3.05) is 13.2 Å². The Bertz CT molecular complexity index is 1430. The SMILES string of the molecule is CCCCCCCCCCCCCCCC(=O)Oc1ccc(OCCCCCCCCOc2ccc(OC(=O)CCCCCCCCCCCCCCC)c(=O)cc2)ccc1=O. The van der Waals surface area contributed by atoms with Crippen molar-refractivity contribution in [2.45, 2.75) is 232 Å². The van der Waals surface area contributed by atoms with Crippen molar-refractivity contribution in [3.05, 3.63) is 69.0 Å². The van der Waals surface area contributed by atoms with Gasteiger partial charge in [0.1, 0.15) is 11.5 Å². The maximum Gasteiger partial charge on any atom is 0.311 e. The fourth-order valence-electron chi connectivity index (χ4n) is 7.64. The molecule has 2 aromatic rings. The van der Waals surface area contributed by atoms with Crippen LogP contribution < -0.4 is 29.8 Å². The van der Waals surface area contributed by atoms with Gasteiger partial charge in [-0.3, -0.25) is 19.2 Å². The van der Waals surface area contributed by atoms with Gasteiger partial charge in [-0.05, 0) is 74.2 Å². The molecule has 2 rings (SSSR count). The Morgan fingerprint density at radius 2 is 0.597 bits per heavy atom. The topological polar surface area (TPSA) is 105 Å². The van der Waals surface area contributed by atoms with E-state index in [0.717, 1.165) is 77.0 Å². The van der Waals surface area contributed by atoms with Crippen LogP contribution in [0.4, 0.5) is 0 Å². The molecule has 0 unspecified atom stereocenters. The Kier molecular flexibility index (Phi) is 34.2. The summed E-state index contributed by atoms with van der Waals surface area (Å²) in [7, 11) is 0. The van der Waals surface area contributed by atoms with Gasteiger partial charge < -0.3 is 18.9 Å². The molecule has 8 heteroatoms. The van der Waals surface area contributed by atoms with Crippen molar-refractivity contribution in [3.63, 3.8) is 0 Å². The van der Waals surface area contributed by atoms with Crippen LogP contribution in [0, 0.1) is 0 Å². The summed E-state index contributed by atoms with van der Waals surface area (Å²) in [6.45, 7) is 5.59. The molecule has 0 radical (unpaired) electrons. The fraction of sp³-hybridized carbons (Fsp3) is 0.704. The highest BCUT2D eigenvalue weighted by molar-refractivity contribution is 5.72. The van der Waals surface area contributed by atoms with E-state index in [1.807, 2.05) is 0 Å². The Morgan fingerprint density at radius 1 is 0.339 bits per heavy atom. The van der Waals surface area contributed by atoms with Gasteiger partial charge in [0.2, 0.25) is 10.9 Å². The second kappa shape index (κ2) is 39.0. The van der Waals surface area contributed by atoms with Gasteiger partial charge in [-0.15, -0.1) is 0 Å². The summed E-state index contributed by atoms with van der Waals surface area (Å²) >= 11 is 0. The summed E-state index contributed by atoms with van der Waals surface area (Å²) in [4.78, 5) is 49.8. The summed E-state index contributed by atoms with van der Waals surface area (Å²) in [5, 5.41) is 0. The van der Waals surface area contributed by atoms with Crippen molar-refractivity contribution in [3.8, 4) is 23.0 Å². The van der Waals surface area contributed by atoms with E-state index in [1.165, 1.54) is 153 Å². The molecule has 0 saturated heterocycles. The van der Waals surface area contributed by atoms with Crippen LogP contribution in [-0.2, 0) is 9.59 Å². The van der Waals surface area contributed by atoms with E-state index in [4.69, 9.17) is 18.9 Å². The first kappa shape index (κ1) is 54.5. The Hall–Kier alpha value is -3.68. The molecule has 0 aliphatic carbocycles. The molecule has 0 heterocycles. The molecule has 350 valence electrons. The lowest BCUT2D eigenvalue weighted by Crippen LogP contribution is -2.12. The van der Waals surface area contributed by atoms with Crippen LogP contribution in [0.1, 0.15) is 232 Å². The summed E-state index contributed by atoms with van der Waals surface area (Å²) in [5.41, 5.74) is -0.667. The van der Waals surface area contributed by atoms with E-state index in [0.29, 0.717) is 37.6 Å². The molecule has 2 aromatic carbocycles. The number of rotatable bonds is 41. The average molecular weight is 863 g/mol. The van der Waals surface area contributed by atoms with E-state index in [1.54, 1.807) is 24.3 Å². The first-order chi connectivity index (χ1) is 30.4. The van der Waals surface area contributed by atoms with E-state index >= 15 is 0 Å². The highest BCUT2D eigenvalue weighted by Gasteiger charge is 2.10. The third-order valence-electron chi connectivity index (χ3n) is 11.6. The van der Waals surface area contributed by atoms with Crippen LogP contribution in [0.25, 0.3) is 0 Å². The summed E-state index contributed by atoms with van der Waals surface area (Å²) in [6, 6.07) is 12.5. The van der Waals surface area contributed by atoms with Gasteiger partial charge in [-0.2, -0.15) is 0 Å². The lowest BCUT2D eigenvalue weighted by Gasteiger charge is -2.06. The van der Waals surface area contributed by atoms with Crippen molar-refractivity contribution in [1.29, 1.82) is 0 Å². The van der Waals surface area contributed by atoms with Crippen molar-refractivity contribution < 1.29 is 28.5 Å². The minimum absolute atomic E-state index is 0.0423. The van der Waals surface area contributed by atoms with Crippen molar-refractivity contribution in [1.82, 2.24) is 0 Å². The number of unbranched alkanes of at least 4 members (excludes halogenated alkanes) is 29. The number of hydrogen-bond acceptors (Lipinski definition) is 8. The van der Waals surface area contributed by atoms with Crippen molar-refractivity contribution in [2.24, 2.45) is 0 Å². The molecule has 0 saturated carbocycles. The van der Waals surface area contributed by atoms with Gasteiger partial charge in [0.05, 0.1) is 13.2 Å². The maximum atomic E-state index is 12.5. The molecule has 62 heavy (non-hydrogen) atoms. The zero-order chi connectivity index (χ0) is 44.6. The van der Waals surface area contributed by atoms with Crippen molar-refractivity contribution >= 4 is 11.9 Å². The Morgan fingerprint density at radius 3 is 0.903 bits per heavy atom.